The molecule has 7 aromatic carbocycles. The summed E-state index contributed by atoms with van der Waals surface area (Å²) >= 11 is 0. The Morgan fingerprint density at radius 3 is 1.14 bits per heavy atom. The van der Waals surface area contributed by atoms with Crippen molar-refractivity contribution in [3.8, 4) is 85.5 Å². The van der Waals surface area contributed by atoms with Crippen molar-refractivity contribution in [2.75, 3.05) is 46.0 Å². The number of alkyl halides is 3. The smallest absolute Gasteiger partial charge is 0.377 e. The normalized spacial score (nSPS) is 14.4. The predicted octanol–water partition coefficient (Wildman–Crippen LogP) is 20.8. The number of pyridine rings is 1. The van der Waals surface area contributed by atoms with Crippen LogP contribution in [0, 0.1) is 25.5 Å². The van der Waals surface area contributed by atoms with E-state index in [4.69, 9.17) is 29.4 Å². The zero-order valence-electron chi connectivity index (χ0n) is 81.3. The quantitative estimate of drug-likeness (QED) is 0.0538. The Hall–Kier alpha value is -15.7. The van der Waals surface area contributed by atoms with Crippen LogP contribution in [0.3, 0.4) is 0 Å². The zero-order valence-corrected chi connectivity index (χ0v) is 81.3. The summed E-state index contributed by atoms with van der Waals surface area (Å²) in [6.45, 7) is 25.9. The van der Waals surface area contributed by atoms with Crippen molar-refractivity contribution in [3.05, 3.63) is 333 Å². The first-order chi connectivity index (χ1) is 68.9. The van der Waals surface area contributed by atoms with Gasteiger partial charge in [-0.2, -0.15) is 18.3 Å². The lowest BCUT2D eigenvalue weighted by Gasteiger charge is -2.28. The predicted molar refractivity (Wildman–Crippen MR) is 535 cm³/mol. The van der Waals surface area contributed by atoms with E-state index in [9.17, 15) is 41.1 Å². The van der Waals surface area contributed by atoms with Crippen LogP contribution >= 0.6 is 0 Å². The van der Waals surface area contributed by atoms with Crippen molar-refractivity contribution in [1.29, 1.82) is 0 Å². The maximum absolute atomic E-state index is 14.6. The Bertz CT molecular complexity index is 7490. The number of aryl methyl sites for hydroxylation is 4. The Morgan fingerprint density at radius 1 is 0.392 bits per heavy atom. The summed E-state index contributed by atoms with van der Waals surface area (Å²) in [5, 5.41) is 4.57. The topological polar surface area (TPSA) is 287 Å². The summed E-state index contributed by atoms with van der Waals surface area (Å²) in [4.78, 5) is 113. The molecule has 0 unspecified atom stereocenters. The first-order valence-electron chi connectivity index (χ1n) is 48.0. The number of aromatic nitrogens is 17. The third-order valence-electron chi connectivity index (χ3n) is 26.3. The van der Waals surface area contributed by atoms with E-state index in [1.807, 2.05) is 173 Å². The van der Waals surface area contributed by atoms with Gasteiger partial charge >= 0.3 is 6.18 Å². The van der Waals surface area contributed by atoms with Crippen molar-refractivity contribution < 1.29 is 50.6 Å². The molecule has 16 aromatic rings. The molecule has 143 heavy (non-hydrogen) atoms. The first kappa shape index (κ1) is 96.2. The number of halogens is 5. The lowest BCUT2D eigenvalue weighted by molar-refractivity contribution is -0.141. The second kappa shape index (κ2) is 40.5. The van der Waals surface area contributed by atoms with E-state index in [1.54, 1.807) is 93.0 Å². The number of nitrogens with zero attached hydrogens (tertiary/aromatic N) is 21. The highest BCUT2D eigenvalue weighted by Crippen LogP contribution is 2.42. The van der Waals surface area contributed by atoms with Gasteiger partial charge < -0.3 is 23.2 Å². The SMILES string of the molecule is CC(C)c1c(F)cccc1-c1ncc2c(n1)N(Cc1ccc(-c3nc(C(F)(F)F)cn3C3COC3)cc1)C(=O)C2.CCc1ccn(-c2ccc(CN3C(=O)Cc4cnc(-c5ccccc5C(C)C)nc43)cc2)n1.Cc1cn(C)c(-c2ccc(CN3C(=O)Cc4cnc(-c5ccccc5C(C)C)nc43)cn2)n1.Cc1cn(C2COC2)c(-c2ccc(CN3C(=O)Cc4cnc(-c5cccc(F)c5C(C)C)nc43)cc2)n1. The number of imidazole rings is 3. The summed E-state index contributed by atoms with van der Waals surface area (Å²) in [5.74, 6) is 6.39. The van der Waals surface area contributed by atoms with Crippen LogP contribution in [-0.2, 0) is 100 Å². The number of benzene rings is 7. The Labute approximate surface area is 824 Å². The third kappa shape index (κ3) is 20.1. The largest absolute Gasteiger partial charge is 0.434 e. The van der Waals surface area contributed by atoms with Gasteiger partial charge in [-0.05, 0) is 114 Å². The van der Waals surface area contributed by atoms with Crippen LogP contribution in [-0.4, -0.2) is 133 Å². The number of amides is 4. The molecule has 9 aromatic heterocycles. The fourth-order valence-corrected chi connectivity index (χ4v) is 18.7. The van der Waals surface area contributed by atoms with Crippen LogP contribution in [0.5, 0.6) is 0 Å². The Morgan fingerprint density at radius 2 is 0.769 bits per heavy atom. The second-order valence-electron chi connectivity index (χ2n) is 37.9. The molecule has 4 amide bonds. The summed E-state index contributed by atoms with van der Waals surface area (Å²) in [7, 11) is 1.96. The molecule has 0 aliphatic carbocycles. The summed E-state index contributed by atoms with van der Waals surface area (Å²) in [6.07, 6.45) is 13.2. The molecule has 2 fully saturated rings. The van der Waals surface area contributed by atoms with Gasteiger partial charge in [0.15, 0.2) is 34.8 Å². The molecule has 0 N–H and O–H groups in total. The van der Waals surface area contributed by atoms with Gasteiger partial charge in [0.2, 0.25) is 23.6 Å². The fourth-order valence-electron chi connectivity index (χ4n) is 18.7. The Kier molecular flexibility index (Phi) is 27.2. The van der Waals surface area contributed by atoms with Gasteiger partial charge in [0.05, 0.1) is 113 Å². The number of hydrogen-bond acceptors (Lipinski definition) is 19. The molecule has 2 saturated heterocycles. The van der Waals surface area contributed by atoms with Gasteiger partial charge in [-0.1, -0.05) is 202 Å². The third-order valence-corrected chi connectivity index (χ3v) is 26.3. The summed E-state index contributed by atoms with van der Waals surface area (Å²) in [5.41, 5.74) is 19.1. The maximum atomic E-state index is 14.6. The van der Waals surface area contributed by atoms with Crippen molar-refractivity contribution in [2.24, 2.45) is 7.05 Å². The highest BCUT2D eigenvalue weighted by Gasteiger charge is 2.40. The number of rotatable bonds is 23. The lowest BCUT2D eigenvalue weighted by Crippen LogP contribution is -2.30. The minimum Gasteiger partial charge on any atom is -0.377 e. The van der Waals surface area contributed by atoms with E-state index in [0.29, 0.717) is 157 Å². The molecule has 0 saturated carbocycles. The van der Waals surface area contributed by atoms with Gasteiger partial charge in [0, 0.05) is 130 Å². The van der Waals surface area contributed by atoms with Gasteiger partial charge in [-0.25, -0.2) is 68.3 Å². The molecule has 22 rings (SSSR count). The van der Waals surface area contributed by atoms with Crippen molar-refractivity contribution >= 4 is 46.9 Å². The minimum absolute atomic E-state index is 0.0231. The molecule has 27 nitrogen and oxygen atoms in total. The average Bonchev–Trinajstić information content (AvgIpc) is 1.66. The summed E-state index contributed by atoms with van der Waals surface area (Å²) < 4.78 is 87.4. The standard InChI is InChI=1S/C29H25F4N5O2.C29H28FN5O2.C27H27N5O.C26H26N6O/c1-16(2)25-21(4-3-5-22(25)30)26-34-11-19-10-24(39)38(28(19)36-26)12-17-6-8-18(9-7-17)27-35-23(29(31,32)33)13-37(27)20-14-40-15-20;1-17(2)26-23(5-4-6-24(26)30)27-31-12-21-11-25(36)35(29(21)33-27)14-19-7-9-20(10-8-19)28-32-18(3)13-34(28)22-15-37-16-22;1-4-21-13-14-32(30-21)22-11-9-19(10-12-22)17-31-25(33)15-20-16-28-26(29-27(20)31)24-8-6-5-7-23(24)18(2)3;1-16(2)20-7-5-6-8-21(20)24-28-13-19-11-23(33)32(25(19)30-24)15-18-9-10-22(27-12-18)26-29-17(3)14-31(26)4/h3-9,11,13,16,20H,10,12,14-15H2,1-2H3;4-10,12-13,17,22H,11,14-16H2,1-3H3;5-14,16,18H,4,15,17H2,1-3H3;5-10,12-14,16H,11,15H2,1-4H3. The van der Waals surface area contributed by atoms with E-state index >= 15 is 0 Å². The van der Waals surface area contributed by atoms with Crippen LogP contribution < -0.4 is 19.6 Å². The van der Waals surface area contributed by atoms with E-state index in [2.05, 4.69) is 109 Å². The minimum atomic E-state index is -4.56. The highest BCUT2D eigenvalue weighted by molar-refractivity contribution is 6.03. The molecule has 6 aliphatic heterocycles. The van der Waals surface area contributed by atoms with E-state index in [0.717, 1.165) is 108 Å². The molecule has 32 heteroatoms. The van der Waals surface area contributed by atoms with Gasteiger partial charge in [-0.15, -0.1) is 0 Å². The second-order valence-corrected chi connectivity index (χ2v) is 37.9. The first-order valence-corrected chi connectivity index (χ1v) is 48.0. The zero-order chi connectivity index (χ0) is 99.9. The van der Waals surface area contributed by atoms with Crippen molar-refractivity contribution in [1.82, 2.24) is 83.3 Å². The molecular formula is C111H106F5N21O6. The van der Waals surface area contributed by atoms with Gasteiger partial charge in [-0.3, -0.25) is 43.8 Å². The summed E-state index contributed by atoms with van der Waals surface area (Å²) in [6, 6.07) is 55.4. The number of fused-ring (bicyclic) bond motifs is 4. The monoisotopic (exact) mass is 1920 g/mol. The average molecular weight is 1930 g/mol. The van der Waals surface area contributed by atoms with Crippen LogP contribution in [0.1, 0.15) is 188 Å². The molecule has 6 aliphatic rings. The molecule has 0 radical (unpaired) electrons. The number of carbonyl (C=O) groups excluding carboxylic acids is 4. The van der Waals surface area contributed by atoms with E-state index < -0.39 is 11.9 Å². The van der Waals surface area contributed by atoms with Crippen LogP contribution in [0.15, 0.2) is 232 Å². The van der Waals surface area contributed by atoms with E-state index in [-0.39, 0.29) is 78.4 Å². The van der Waals surface area contributed by atoms with Crippen molar-refractivity contribution in [3.63, 3.8) is 0 Å². The Balaban J connectivity index is 0.000000121. The van der Waals surface area contributed by atoms with Gasteiger partial charge in [0.25, 0.3) is 0 Å². The number of carbonyl (C=O) groups is 4. The fraction of sp³-hybridized carbons (Fsp3) is 0.288. The lowest BCUT2D eigenvalue weighted by atomic mass is 9.96. The molecule has 726 valence electrons. The molecule has 15 heterocycles. The highest BCUT2D eigenvalue weighted by atomic mass is 19.4. The molecule has 0 spiro atoms. The van der Waals surface area contributed by atoms with Gasteiger partial charge in [0.1, 0.15) is 52.2 Å². The van der Waals surface area contributed by atoms with Crippen LogP contribution in [0.2, 0.25) is 0 Å². The number of hydrogen-bond donors (Lipinski definition) is 0. The number of anilines is 4. The van der Waals surface area contributed by atoms with Crippen LogP contribution in [0.4, 0.5) is 45.2 Å². The van der Waals surface area contributed by atoms with E-state index in [1.165, 1.54) is 27.8 Å². The maximum Gasteiger partial charge on any atom is 0.434 e. The van der Waals surface area contributed by atoms with Crippen molar-refractivity contribution in [2.45, 2.75) is 176 Å². The molecule has 0 bridgehead atoms. The van der Waals surface area contributed by atoms with Crippen LogP contribution in [0.25, 0.3) is 85.5 Å². The number of ether oxygens (including phenoxy) is 2. The molecule has 0 atom stereocenters. The molecular weight excluding hydrogens is 1820 g/mol.